The van der Waals surface area contributed by atoms with Crippen molar-refractivity contribution in [3.05, 3.63) is 53.6 Å². The molecule has 0 atom stereocenters. The summed E-state index contributed by atoms with van der Waals surface area (Å²) >= 11 is 0. The highest BCUT2D eigenvalue weighted by atomic mass is 16.5. The first-order valence-electron chi connectivity index (χ1n) is 4.38. The van der Waals surface area contributed by atoms with Crippen molar-refractivity contribution >= 4 is 0 Å². The van der Waals surface area contributed by atoms with E-state index in [1.165, 1.54) is 6.33 Å². The van der Waals surface area contributed by atoms with Gasteiger partial charge in [0.2, 0.25) is 0 Å². The molecule has 2 aromatic rings. The van der Waals surface area contributed by atoms with Crippen LogP contribution in [-0.2, 0) is 0 Å². The first kappa shape index (κ1) is 8.69. The lowest BCUT2D eigenvalue weighted by molar-refractivity contribution is -0.615. The Hall–Kier alpha value is -1.90. The molecule has 0 bridgehead atoms. The van der Waals surface area contributed by atoms with Crippen LogP contribution >= 0.6 is 0 Å². The third kappa shape index (κ3) is 1.57. The van der Waals surface area contributed by atoms with Gasteiger partial charge in [-0.3, -0.25) is 0 Å². The number of aryl methyl sites for hydroxylation is 1. The van der Waals surface area contributed by atoms with Gasteiger partial charge in [0.15, 0.2) is 5.69 Å². The minimum Gasteiger partial charge on any atom is -0.711 e. The van der Waals surface area contributed by atoms with Crippen LogP contribution in [0.1, 0.15) is 5.69 Å². The molecule has 0 amide bonds. The van der Waals surface area contributed by atoms with Crippen LogP contribution in [0.25, 0.3) is 11.3 Å². The number of aromatic nitrogens is 2. The third-order valence-corrected chi connectivity index (χ3v) is 2.06. The largest absolute Gasteiger partial charge is 0.711 e. The van der Waals surface area contributed by atoms with Gasteiger partial charge in [0.1, 0.15) is 5.69 Å². The lowest BCUT2D eigenvalue weighted by Gasteiger charge is -2.03. The van der Waals surface area contributed by atoms with Crippen molar-refractivity contribution in [1.82, 2.24) is 4.98 Å². The van der Waals surface area contributed by atoms with Gasteiger partial charge in [0.25, 0.3) is 6.33 Å². The molecule has 3 nitrogen and oxygen atoms in total. The van der Waals surface area contributed by atoms with Gasteiger partial charge in [-0.05, 0) is 11.9 Å². The highest BCUT2D eigenvalue weighted by Gasteiger charge is 2.05. The van der Waals surface area contributed by atoms with Crippen LogP contribution in [0, 0.1) is 12.1 Å². The van der Waals surface area contributed by atoms with Crippen LogP contribution in [0.5, 0.6) is 0 Å². The fraction of sp³-hybridized carbons (Fsp3) is 0.0909. The second-order valence-electron chi connectivity index (χ2n) is 3.11. The zero-order valence-corrected chi connectivity index (χ0v) is 7.84. The molecule has 2 rings (SSSR count). The molecule has 1 aromatic carbocycles. The SMILES string of the molecule is Cc1cc(-c2ccccc2)nc[n+]1[O-]. The zero-order chi connectivity index (χ0) is 9.97. The van der Waals surface area contributed by atoms with E-state index >= 15 is 0 Å². The first-order chi connectivity index (χ1) is 6.77. The van der Waals surface area contributed by atoms with Gasteiger partial charge in [0.05, 0.1) is 0 Å². The van der Waals surface area contributed by atoms with Crippen molar-refractivity contribution in [2.24, 2.45) is 0 Å². The number of rotatable bonds is 1. The zero-order valence-electron chi connectivity index (χ0n) is 7.84. The van der Waals surface area contributed by atoms with E-state index in [9.17, 15) is 5.21 Å². The van der Waals surface area contributed by atoms with E-state index in [2.05, 4.69) is 4.98 Å². The Morgan fingerprint density at radius 1 is 1.21 bits per heavy atom. The van der Waals surface area contributed by atoms with Crippen molar-refractivity contribution < 1.29 is 4.73 Å². The molecule has 0 saturated carbocycles. The molecule has 0 spiro atoms. The maximum atomic E-state index is 11.1. The molecule has 70 valence electrons. The third-order valence-electron chi connectivity index (χ3n) is 2.06. The van der Waals surface area contributed by atoms with Gasteiger partial charge in [-0.1, -0.05) is 30.3 Å². The standard InChI is InChI=1S/C11H10N2O/c1-9-7-11(12-8-13(9)14)10-5-3-2-4-6-10/h2-8H,1H3. The Morgan fingerprint density at radius 3 is 2.57 bits per heavy atom. The van der Waals surface area contributed by atoms with E-state index in [-0.39, 0.29) is 0 Å². The summed E-state index contributed by atoms with van der Waals surface area (Å²) in [5.41, 5.74) is 2.50. The normalized spacial score (nSPS) is 10.1. The monoisotopic (exact) mass is 186 g/mol. The summed E-state index contributed by atoms with van der Waals surface area (Å²) < 4.78 is 0.756. The summed E-state index contributed by atoms with van der Waals surface area (Å²) in [6.45, 7) is 1.76. The molecule has 14 heavy (non-hydrogen) atoms. The predicted molar refractivity (Wildman–Crippen MR) is 53.4 cm³/mol. The summed E-state index contributed by atoms with van der Waals surface area (Å²) in [4.78, 5) is 4.06. The van der Waals surface area contributed by atoms with Gasteiger partial charge in [-0.25, -0.2) is 4.73 Å². The molecule has 0 aliphatic rings. The van der Waals surface area contributed by atoms with E-state index in [1.54, 1.807) is 13.0 Å². The van der Waals surface area contributed by atoms with E-state index in [0.717, 1.165) is 16.0 Å². The Balaban J connectivity index is 2.48. The van der Waals surface area contributed by atoms with Crippen molar-refractivity contribution in [3.63, 3.8) is 0 Å². The van der Waals surface area contributed by atoms with Crippen molar-refractivity contribution in [1.29, 1.82) is 0 Å². The summed E-state index contributed by atoms with van der Waals surface area (Å²) in [5.74, 6) is 0. The highest BCUT2D eigenvalue weighted by molar-refractivity contribution is 5.58. The predicted octanol–water partition coefficient (Wildman–Crippen LogP) is 1.69. The van der Waals surface area contributed by atoms with Gasteiger partial charge in [-0.15, -0.1) is 0 Å². The molecule has 0 aliphatic carbocycles. The number of benzene rings is 1. The van der Waals surface area contributed by atoms with Crippen molar-refractivity contribution in [3.8, 4) is 11.3 Å². The lowest BCUT2D eigenvalue weighted by atomic mass is 10.1. The summed E-state index contributed by atoms with van der Waals surface area (Å²) in [6.07, 6.45) is 1.29. The van der Waals surface area contributed by atoms with E-state index in [1.807, 2.05) is 30.3 Å². The average molecular weight is 186 g/mol. The second kappa shape index (κ2) is 3.46. The molecule has 0 unspecified atom stereocenters. The summed E-state index contributed by atoms with van der Waals surface area (Å²) in [7, 11) is 0. The number of hydrogen-bond donors (Lipinski definition) is 0. The summed E-state index contributed by atoms with van der Waals surface area (Å²) in [6, 6.07) is 11.6. The maximum absolute atomic E-state index is 11.1. The molecule has 0 aliphatic heterocycles. The minimum absolute atomic E-state index is 0.652. The Bertz CT molecular complexity index is 440. The van der Waals surface area contributed by atoms with Gasteiger partial charge >= 0.3 is 0 Å². The number of hydrogen-bond acceptors (Lipinski definition) is 2. The van der Waals surface area contributed by atoms with E-state index < -0.39 is 0 Å². The van der Waals surface area contributed by atoms with Crippen LogP contribution in [0.15, 0.2) is 42.7 Å². The van der Waals surface area contributed by atoms with Gasteiger partial charge in [0, 0.05) is 11.6 Å². The molecule has 0 fully saturated rings. The molecular formula is C11H10N2O. The van der Waals surface area contributed by atoms with Gasteiger partial charge < -0.3 is 5.21 Å². The molecule has 0 radical (unpaired) electrons. The Labute approximate surface area is 82.3 Å². The topological polar surface area (TPSA) is 39.8 Å². The fourth-order valence-corrected chi connectivity index (χ4v) is 1.27. The smallest absolute Gasteiger partial charge is 0.290 e. The molecule has 0 N–H and O–H groups in total. The molecule has 1 aromatic heterocycles. The molecule has 1 heterocycles. The quantitative estimate of drug-likeness (QED) is 0.502. The highest BCUT2D eigenvalue weighted by Crippen LogP contribution is 2.14. The van der Waals surface area contributed by atoms with Crippen molar-refractivity contribution in [2.45, 2.75) is 6.92 Å². The molecule has 3 heteroatoms. The fourth-order valence-electron chi connectivity index (χ4n) is 1.27. The van der Waals surface area contributed by atoms with Crippen LogP contribution in [0.4, 0.5) is 0 Å². The van der Waals surface area contributed by atoms with Crippen molar-refractivity contribution in [2.75, 3.05) is 0 Å². The average Bonchev–Trinajstić information content (AvgIpc) is 2.23. The lowest BCUT2D eigenvalue weighted by Crippen LogP contribution is -2.29. The van der Waals surface area contributed by atoms with Crippen LogP contribution in [-0.4, -0.2) is 4.98 Å². The molecule has 0 saturated heterocycles. The minimum atomic E-state index is 0.652. The molecular weight excluding hydrogens is 176 g/mol. The maximum Gasteiger partial charge on any atom is 0.290 e. The van der Waals surface area contributed by atoms with Gasteiger partial charge in [-0.2, -0.15) is 0 Å². The number of nitrogens with zero attached hydrogens (tertiary/aromatic N) is 2. The summed E-state index contributed by atoms with van der Waals surface area (Å²) in [5, 5.41) is 11.1. The Morgan fingerprint density at radius 2 is 1.93 bits per heavy atom. The Kier molecular flexibility index (Phi) is 2.14. The van der Waals surface area contributed by atoms with Crippen LogP contribution in [0.2, 0.25) is 0 Å². The van der Waals surface area contributed by atoms with Crippen LogP contribution in [0.3, 0.4) is 0 Å². The van der Waals surface area contributed by atoms with Crippen LogP contribution < -0.4 is 4.73 Å². The second-order valence-corrected chi connectivity index (χ2v) is 3.11. The first-order valence-corrected chi connectivity index (χ1v) is 4.38. The van der Waals surface area contributed by atoms with E-state index in [0.29, 0.717) is 5.69 Å². The van der Waals surface area contributed by atoms with E-state index in [4.69, 9.17) is 0 Å².